The molecule has 0 unspecified atom stereocenters. The summed E-state index contributed by atoms with van der Waals surface area (Å²) in [6.45, 7) is 2.34. The fraction of sp³-hybridized carbons (Fsp3) is 0.154. The van der Waals surface area contributed by atoms with Crippen molar-refractivity contribution in [3.8, 4) is 5.69 Å². The molecule has 2 rings (SSSR count). The lowest BCUT2D eigenvalue weighted by atomic mass is 10.1. The molecule has 0 saturated heterocycles. The summed E-state index contributed by atoms with van der Waals surface area (Å²) >= 11 is 0. The van der Waals surface area contributed by atoms with Gasteiger partial charge in [-0.05, 0) is 25.1 Å². The Morgan fingerprint density at radius 3 is 2.75 bits per heavy atom. The van der Waals surface area contributed by atoms with Gasteiger partial charge in [0.25, 0.3) is 11.8 Å². The first kappa shape index (κ1) is 13.6. The highest BCUT2D eigenvalue weighted by Gasteiger charge is 2.14. The van der Waals surface area contributed by atoms with E-state index in [1.807, 2.05) is 6.92 Å². The van der Waals surface area contributed by atoms with E-state index >= 15 is 0 Å². The van der Waals surface area contributed by atoms with Gasteiger partial charge in [-0.15, -0.1) is 0 Å². The van der Waals surface area contributed by atoms with E-state index in [-0.39, 0.29) is 11.5 Å². The lowest BCUT2D eigenvalue weighted by Gasteiger charge is -2.10. The molecule has 1 heterocycles. The van der Waals surface area contributed by atoms with Gasteiger partial charge in [-0.25, -0.2) is 4.68 Å². The van der Waals surface area contributed by atoms with Crippen LogP contribution in [0.4, 0.5) is 5.69 Å². The predicted molar refractivity (Wildman–Crippen MR) is 74.5 cm³/mol. The molecule has 0 saturated carbocycles. The van der Waals surface area contributed by atoms with E-state index in [1.54, 1.807) is 18.2 Å². The van der Waals surface area contributed by atoms with E-state index < -0.39 is 5.91 Å². The number of nitrogens with two attached hydrogens (primary N) is 2. The summed E-state index contributed by atoms with van der Waals surface area (Å²) in [5.41, 5.74) is 12.6. The number of nitrogens with zero attached hydrogens (tertiary/aromatic N) is 2. The fourth-order valence-electron chi connectivity index (χ4n) is 1.77. The Labute approximate surface area is 115 Å². The molecule has 0 spiro atoms. The first-order valence-electron chi connectivity index (χ1n) is 6.05. The third-order valence-corrected chi connectivity index (χ3v) is 2.72. The van der Waals surface area contributed by atoms with Crippen molar-refractivity contribution in [2.75, 3.05) is 12.3 Å². The van der Waals surface area contributed by atoms with E-state index in [2.05, 4.69) is 10.4 Å². The molecule has 20 heavy (non-hydrogen) atoms. The number of nitrogen functional groups attached to an aromatic ring is 1. The monoisotopic (exact) mass is 273 g/mol. The van der Waals surface area contributed by atoms with Crippen LogP contribution in [0.3, 0.4) is 0 Å². The summed E-state index contributed by atoms with van der Waals surface area (Å²) in [5, 5.41) is 6.74. The van der Waals surface area contributed by atoms with E-state index in [4.69, 9.17) is 11.5 Å². The number of anilines is 1. The Morgan fingerprint density at radius 2 is 2.15 bits per heavy atom. The maximum absolute atomic E-state index is 12.0. The number of aromatic nitrogens is 2. The Kier molecular flexibility index (Phi) is 3.69. The fourth-order valence-corrected chi connectivity index (χ4v) is 1.77. The van der Waals surface area contributed by atoms with Crippen LogP contribution >= 0.6 is 0 Å². The molecule has 5 N–H and O–H groups in total. The molecule has 0 aliphatic heterocycles. The molecule has 2 aromatic rings. The zero-order valence-corrected chi connectivity index (χ0v) is 11.0. The zero-order chi connectivity index (χ0) is 14.7. The Bertz CT molecular complexity index is 663. The molecule has 7 nitrogen and oxygen atoms in total. The Balaban J connectivity index is 2.50. The third kappa shape index (κ3) is 2.61. The van der Waals surface area contributed by atoms with E-state index in [0.717, 1.165) is 0 Å². The number of amides is 2. The lowest BCUT2D eigenvalue weighted by molar-refractivity contribution is 0.0954. The number of hydrogen-bond donors (Lipinski definition) is 3. The molecule has 0 atom stereocenters. The second kappa shape index (κ2) is 5.43. The van der Waals surface area contributed by atoms with Crippen LogP contribution in [0, 0.1) is 0 Å². The highest BCUT2D eigenvalue weighted by molar-refractivity contribution is 5.98. The minimum atomic E-state index is -0.584. The normalized spacial score (nSPS) is 10.2. The molecule has 104 valence electrons. The molecule has 0 bridgehead atoms. The molecule has 1 aromatic carbocycles. The molecule has 0 aliphatic carbocycles. The second-order valence-electron chi connectivity index (χ2n) is 4.17. The lowest BCUT2D eigenvalue weighted by Crippen LogP contribution is -2.24. The number of nitrogens with one attached hydrogen (secondary N) is 1. The van der Waals surface area contributed by atoms with Crippen molar-refractivity contribution in [1.82, 2.24) is 15.1 Å². The number of carbonyl (C=O) groups excluding carboxylic acids is 2. The van der Waals surface area contributed by atoms with Gasteiger partial charge >= 0.3 is 0 Å². The van der Waals surface area contributed by atoms with Gasteiger partial charge in [-0.3, -0.25) is 9.59 Å². The first-order chi connectivity index (χ1) is 9.52. The molecular formula is C13H15N5O2. The van der Waals surface area contributed by atoms with Crippen molar-refractivity contribution in [3.05, 3.63) is 41.7 Å². The Morgan fingerprint density at radius 1 is 1.40 bits per heavy atom. The molecule has 0 radical (unpaired) electrons. The first-order valence-corrected chi connectivity index (χ1v) is 6.05. The van der Waals surface area contributed by atoms with Crippen LogP contribution in [0.2, 0.25) is 0 Å². The van der Waals surface area contributed by atoms with Crippen molar-refractivity contribution in [2.24, 2.45) is 5.73 Å². The SMILES string of the molecule is CCNC(=O)c1ccc(N)cc1-n1cc(C(N)=O)cn1. The average Bonchev–Trinajstić information content (AvgIpc) is 2.88. The zero-order valence-electron chi connectivity index (χ0n) is 11.0. The third-order valence-electron chi connectivity index (χ3n) is 2.72. The van der Waals surface area contributed by atoms with Crippen LogP contribution in [0.15, 0.2) is 30.6 Å². The predicted octanol–water partition coefficient (Wildman–Crippen LogP) is 0.303. The number of carbonyl (C=O) groups is 2. The van der Waals surface area contributed by atoms with E-state index in [0.29, 0.717) is 23.5 Å². The number of rotatable bonds is 4. The number of benzene rings is 1. The van der Waals surface area contributed by atoms with Crippen LogP contribution in [-0.2, 0) is 0 Å². The van der Waals surface area contributed by atoms with Gasteiger partial charge in [0.05, 0.1) is 23.0 Å². The summed E-state index contributed by atoms with van der Waals surface area (Å²) < 4.78 is 1.40. The van der Waals surface area contributed by atoms with Crippen molar-refractivity contribution >= 4 is 17.5 Å². The minimum absolute atomic E-state index is 0.237. The van der Waals surface area contributed by atoms with E-state index in [1.165, 1.54) is 17.1 Å². The quantitative estimate of drug-likeness (QED) is 0.695. The largest absolute Gasteiger partial charge is 0.399 e. The van der Waals surface area contributed by atoms with Gasteiger partial charge in [0.1, 0.15) is 0 Å². The van der Waals surface area contributed by atoms with Gasteiger partial charge in [0.15, 0.2) is 0 Å². The summed E-state index contributed by atoms with van der Waals surface area (Å²) in [6.07, 6.45) is 2.80. The highest BCUT2D eigenvalue weighted by atomic mass is 16.2. The average molecular weight is 273 g/mol. The maximum atomic E-state index is 12.0. The Hall–Kier alpha value is -2.83. The summed E-state index contributed by atoms with van der Waals surface area (Å²) in [7, 11) is 0. The van der Waals surface area contributed by atoms with Gasteiger partial charge < -0.3 is 16.8 Å². The van der Waals surface area contributed by atoms with Crippen LogP contribution in [0.1, 0.15) is 27.6 Å². The molecular weight excluding hydrogens is 258 g/mol. The molecule has 0 fully saturated rings. The van der Waals surface area contributed by atoms with Crippen molar-refractivity contribution in [3.63, 3.8) is 0 Å². The molecule has 0 aliphatic rings. The van der Waals surface area contributed by atoms with Crippen LogP contribution < -0.4 is 16.8 Å². The van der Waals surface area contributed by atoms with E-state index in [9.17, 15) is 9.59 Å². The highest BCUT2D eigenvalue weighted by Crippen LogP contribution is 2.18. The minimum Gasteiger partial charge on any atom is -0.399 e. The molecule has 1 aromatic heterocycles. The smallest absolute Gasteiger partial charge is 0.253 e. The van der Waals surface area contributed by atoms with Crippen LogP contribution in [-0.4, -0.2) is 28.1 Å². The number of primary amides is 1. The second-order valence-corrected chi connectivity index (χ2v) is 4.17. The van der Waals surface area contributed by atoms with Crippen molar-refractivity contribution in [2.45, 2.75) is 6.92 Å². The van der Waals surface area contributed by atoms with Crippen LogP contribution in [0.25, 0.3) is 5.69 Å². The molecule has 2 amide bonds. The summed E-state index contributed by atoms with van der Waals surface area (Å²) in [5.74, 6) is -0.821. The topological polar surface area (TPSA) is 116 Å². The van der Waals surface area contributed by atoms with Crippen molar-refractivity contribution < 1.29 is 9.59 Å². The van der Waals surface area contributed by atoms with Gasteiger partial charge in [0, 0.05) is 18.4 Å². The van der Waals surface area contributed by atoms with Gasteiger partial charge in [-0.1, -0.05) is 0 Å². The van der Waals surface area contributed by atoms with Crippen molar-refractivity contribution in [1.29, 1.82) is 0 Å². The van der Waals surface area contributed by atoms with Gasteiger partial charge in [0.2, 0.25) is 0 Å². The summed E-state index contributed by atoms with van der Waals surface area (Å²) in [6, 6.07) is 4.86. The standard InChI is InChI=1S/C13H15N5O2/c1-2-16-13(20)10-4-3-9(14)5-11(10)18-7-8(6-17-18)12(15)19/h3-7H,2,14H2,1H3,(H2,15,19)(H,16,20). The maximum Gasteiger partial charge on any atom is 0.253 e. The number of hydrogen-bond acceptors (Lipinski definition) is 4. The van der Waals surface area contributed by atoms with Gasteiger partial charge in [-0.2, -0.15) is 5.10 Å². The summed E-state index contributed by atoms with van der Waals surface area (Å²) in [4.78, 5) is 23.1. The molecule has 7 heteroatoms. The van der Waals surface area contributed by atoms with Crippen LogP contribution in [0.5, 0.6) is 0 Å².